The molecule has 1 aliphatic heterocycles. The Morgan fingerprint density at radius 2 is 1.66 bits per heavy atom. The zero-order valence-corrected chi connectivity index (χ0v) is 20.5. The monoisotopic (exact) mass is 513 g/mol. The van der Waals surface area contributed by atoms with Crippen LogP contribution in [-0.2, 0) is 9.59 Å². The van der Waals surface area contributed by atoms with Crippen LogP contribution < -0.4 is 9.64 Å². The number of ether oxygens (including phenoxy) is 1. The molecule has 0 bridgehead atoms. The van der Waals surface area contributed by atoms with Gasteiger partial charge in [-0.1, -0.05) is 55.2 Å². The quantitative estimate of drug-likeness (QED) is 0.223. The molecule has 5 nitrogen and oxygen atoms in total. The summed E-state index contributed by atoms with van der Waals surface area (Å²) >= 11 is 12.3. The number of aliphatic hydroxyl groups is 1. The minimum Gasteiger partial charge on any atom is -0.507 e. The maximum atomic E-state index is 15.0. The van der Waals surface area contributed by atoms with Gasteiger partial charge in [-0.25, -0.2) is 4.39 Å². The Morgan fingerprint density at radius 1 is 1.03 bits per heavy atom. The van der Waals surface area contributed by atoms with Gasteiger partial charge in [0.2, 0.25) is 0 Å². The highest BCUT2D eigenvalue weighted by Gasteiger charge is 2.48. The van der Waals surface area contributed by atoms with Crippen LogP contribution in [0.1, 0.15) is 31.0 Å². The first-order valence-electron chi connectivity index (χ1n) is 10.9. The number of Topliss-reactive ketones (excluding diaryl/α,β-unsaturated/α-hetero) is 1. The second kappa shape index (κ2) is 10.1. The van der Waals surface area contributed by atoms with Crippen molar-refractivity contribution in [2.75, 3.05) is 11.5 Å². The predicted molar refractivity (Wildman–Crippen MR) is 134 cm³/mol. The van der Waals surface area contributed by atoms with Gasteiger partial charge in [0.25, 0.3) is 11.7 Å². The molecule has 4 rings (SSSR count). The summed E-state index contributed by atoms with van der Waals surface area (Å²) in [5.41, 5.74) is 0.285. The van der Waals surface area contributed by atoms with E-state index in [0.29, 0.717) is 18.3 Å². The zero-order chi connectivity index (χ0) is 25.3. The van der Waals surface area contributed by atoms with Gasteiger partial charge in [0.1, 0.15) is 17.3 Å². The van der Waals surface area contributed by atoms with Gasteiger partial charge in [-0.15, -0.1) is 0 Å². The van der Waals surface area contributed by atoms with Gasteiger partial charge in [-0.2, -0.15) is 0 Å². The Morgan fingerprint density at radius 3 is 2.26 bits per heavy atom. The number of carbonyl (C=O) groups excluding carboxylic acids is 2. The molecular formula is C27H22Cl2FNO4. The standard InChI is InChI=1S/C27H22Cl2FNO4/c1-15(2)14-35-20-9-7-16(8-10-20)25(32)23-24(21-5-3-4-6-22(21)30)31(27(34)26(23)33)19-12-17(28)11-18(29)13-19/h3-13,15,24,32H,14H2,1-2H3/b25-23+. The molecule has 8 heteroatoms. The van der Waals surface area contributed by atoms with Crippen molar-refractivity contribution in [1.29, 1.82) is 0 Å². The molecule has 35 heavy (non-hydrogen) atoms. The van der Waals surface area contributed by atoms with E-state index < -0.39 is 29.3 Å². The molecule has 0 spiro atoms. The smallest absolute Gasteiger partial charge is 0.300 e. The van der Waals surface area contributed by atoms with E-state index in [4.69, 9.17) is 27.9 Å². The van der Waals surface area contributed by atoms with Crippen LogP contribution in [0.5, 0.6) is 5.75 Å². The van der Waals surface area contributed by atoms with Crippen LogP contribution in [-0.4, -0.2) is 23.4 Å². The first kappa shape index (κ1) is 24.8. The number of nitrogens with zero attached hydrogens (tertiary/aromatic N) is 1. The van der Waals surface area contributed by atoms with Crippen LogP contribution in [0.3, 0.4) is 0 Å². The Balaban J connectivity index is 1.86. The van der Waals surface area contributed by atoms with Gasteiger partial charge in [-0.05, 0) is 54.4 Å². The van der Waals surface area contributed by atoms with Crippen LogP contribution >= 0.6 is 23.2 Å². The second-order valence-corrected chi connectivity index (χ2v) is 9.42. The molecule has 0 saturated carbocycles. The fourth-order valence-corrected chi connectivity index (χ4v) is 4.41. The van der Waals surface area contributed by atoms with E-state index in [9.17, 15) is 19.1 Å². The summed E-state index contributed by atoms with van der Waals surface area (Å²) in [5.74, 6) is -2.03. The number of amides is 1. The summed E-state index contributed by atoms with van der Waals surface area (Å²) in [7, 11) is 0. The molecule has 1 fully saturated rings. The number of carbonyl (C=O) groups is 2. The Labute approximate surface area is 212 Å². The fourth-order valence-electron chi connectivity index (χ4n) is 3.90. The number of anilines is 1. The lowest BCUT2D eigenvalue weighted by Gasteiger charge is -2.26. The van der Waals surface area contributed by atoms with E-state index in [1.165, 1.54) is 36.4 Å². The number of aliphatic hydroxyl groups excluding tert-OH is 1. The van der Waals surface area contributed by atoms with Crippen molar-refractivity contribution in [1.82, 2.24) is 0 Å². The molecule has 180 valence electrons. The maximum absolute atomic E-state index is 15.0. The topological polar surface area (TPSA) is 66.8 Å². The van der Waals surface area contributed by atoms with E-state index in [1.54, 1.807) is 30.3 Å². The number of hydrogen-bond acceptors (Lipinski definition) is 4. The van der Waals surface area contributed by atoms with Crippen LogP contribution in [0, 0.1) is 11.7 Å². The van der Waals surface area contributed by atoms with E-state index in [1.807, 2.05) is 13.8 Å². The van der Waals surface area contributed by atoms with Crippen molar-refractivity contribution in [3.05, 3.63) is 99.3 Å². The molecule has 1 saturated heterocycles. The highest BCUT2D eigenvalue weighted by molar-refractivity contribution is 6.52. The molecular weight excluding hydrogens is 492 g/mol. The van der Waals surface area contributed by atoms with Crippen LogP contribution in [0.2, 0.25) is 10.0 Å². The first-order chi connectivity index (χ1) is 16.7. The van der Waals surface area contributed by atoms with Crippen molar-refractivity contribution < 1.29 is 23.8 Å². The van der Waals surface area contributed by atoms with Crippen molar-refractivity contribution in [3.8, 4) is 5.75 Å². The highest BCUT2D eigenvalue weighted by atomic mass is 35.5. The van der Waals surface area contributed by atoms with Crippen molar-refractivity contribution in [3.63, 3.8) is 0 Å². The molecule has 1 N–H and O–H groups in total. The number of hydrogen-bond donors (Lipinski definition) is 1. The van der Waals surface area contributed by atoms with Gasteiger partial charge in [0.15, 0.2) is 0 Å². The van der Waals surface area contributed by atoms with Crippen LogP contribution in [0.25, 0.3) is 5.76 Å². The Kier molecular flexibility index (Phi) is 7.15. The van der Waals surface area contributed by atoms with Gasteiger partial charge in [0.05, 0.1) is 18.2 Å². The maximum Gasteiger partial charge on any atom is 0.300 e. The average molecular weight is 514 g/mol. The molecule has 0 aromatic heterocycles. The molecule has 0 aliphatic carbocycles. The summed E-state index contributed by atoms with van der Waals surface area (Å²) in [4.78, 5) is 27.5. The van der Waals surface area contributed by atoms with E-state index >= 15 is 0 Å². The highest BCUT2D eigenvalue weighted by Crippen LogP contribution is 2.44. The minimum absolute atomic E-state index is 0.0428. The van der Waals surface area contributed by atoms with Crippen LogP contribution in [0.4, 0.5) is 10.1 Å². The van der Waals surface area contributed by atoms with Gasteiger partial charge in [-0.3, -0.25) is 14.5 Å². The van der Waals surface area contributed by atoms with Crippen molar-refractivity contribution in [2.45, 2.75) is 19.9 Å². The third-order valence-corrected chi connectivity index (χ3v) is 5.92. The number of ketones is 1. The second-order valence-electron chi connectivity index (χ2n) is 8.55. The van der Waals surface area contributed by atoms with Gasteiger partial charge < -0.3 is 9.84 Å². The molecule has 1 aliphatic rings. The van der Waals surface area contributed by atoms with E-state index in [-0.39, 0.29) is 32.4 Å². The lowest BCUT2D eigenvalue weighted by atomic mass is 9.94. The van der Waals surface area contributed by atoms with Crippen molar-refractivity contribution in [2.24, 2.45) is 5.92 Å². The molecule has 1 unspecified atom stereocenters. The van der Waals surface area contributed by atoms with E-state index in [0.717, 1.165) is 4.90 Å². The largest absolute Gasteiger partial charge is 0.507 e. The molecule has 3 aromatic rings. The summed E-state index contributed by atoms with van der Waals surface area (Å²) in [5, 5.41) is 11.6. The number of benzene rings is 3. The summed E-state index contributed by atoms with van der Waals surface area (Å²) < 4.78 is 20.6. The predicted octanol–water partition coefficient (Wildman–Crippen LogP) is 6.79. The molecule has 1 amide bonds. The Hall–Kier alpha value is -3.35. The molecule has 1 heterocycles. The third kappa shape index (κ3) is 5.04. The summed E-state index contributed by atoms with van der Waals surface area (Å²) in [6, 6.07) is 15.4. The van der Waals surface area contributed by atoms with Gasteiger partial charge in [0, 0.05) is 26.9 Å². The SMILES string of the molecule is CC(C)COc1ccc(/C(O)=C2\C(=O)C(=O)N(c3cc(Cl)cc(Cl)c3)C2c2ccccc2F)cc1. The summed E-state index contributed by atoms with van der Waals surface area (Å²) in [6.07, 6.45) is 0. The minimum atomic E-state index is -1.23. The van der Waals surface area contributed by atoms with Crippen molar-refractivity contribution >= 4 is 46.3 Å². The number of halogens is 3. The van der Waals surface area contributed by atoms with E-state index in [2.05, 4.69) is 0 Å². The molecule has 3 aromatic carbocycles. The van der Waals surface area contributed by atoms with Crippen LogP contribution in [0.15, 0.2) is 72.3 Å². The lowest BCUT2D eigenvalue weighted by Crippen LogP contribution is -2.29. The third-order valence-electron chi connectivity index (χ3n) is 5.48. The lowest BCUT2D eigenvalue weighted by molar-refractivity contribution is -0.132. The zero-order valence-electron chi connectivity index (χ0n) is 19.0. The fraction of sp³-hybridized carbons (Fsp3) is 0.185. The summed E-state index contributed by atoms with van der Waals surface area (Å²) in [6.45, 7) is 4.57. The van der Waals surface area contributed by atoms with Gasteiger partial charge >= 0.3 is 0 Å². The first-order valence-corrected chi connectivity index (χ1v) is 11.7. The Bertz CT molecular complexity index is 1300. The molecule has 1 atom stereocenters. The molecule has 0 radical (unpaired) electrons. The average Bonchev–Trinajstić information content (AvgIpc) is 3.07. The normalized spacial score (nSPS) is 17.3. The number of rotatable bonds is 6.